The Morgan fingerprint density at radius 3 is 2.41 bits per heavy atom. The molecular weight excluding hydrogens is 364 g/mol. The molecule has 3 rings (SSSR count). The summed E-state index contributed by atoms with van der Waals surface area (Å²) in [4.78, 5) is 24.9. The van der Waals surface area contributed by atoms with E-state index in [2.05, 4.69) is 12.2 Å². The maximum Gasteiger partial charge on any atom is 0.266 e. The van der Waals surface area contributed by atoms with Gasteiger partial charge in [-0.15, -0.1) is 0 Å². The number of nitrogens with one attached hydrogen (secondary N) is 2. The average molecular weight is 390 g/mol. The van der Waals surface area contributed by atoms with Crippen LogP contribution in [0.3, 0.4) is 0 Å². The van der Waals surface area contributed by atoms with Gasteiger partial charge in [-0.25, -0.2) is 5.48 Å². The first kappa shape index (κ1) is 20.6. The number of unbranched alkanes of at least 4 members (excludes halogenated alkanes) is 1. The number of fused-ring (bicyclic) bond motifs is 1. The van der Waals surface area contributed by atoms with Crippen molar-refractivity contribution in [3.05, 3.63) is 83.4 Å². The van der Waals surface area contributed by atoms with E-state index in [1.807, 2.05) is 54.6 Å². The lowest BCUT2D eigenvalue weighted by molar-refractivity contribution is -0.131. The molecule has 0 radical (unpaired) electrons. The molecule has 0 aromatic heterocycles. The van der Waals surface area contributed by atoms with Gasteiger partial charge < -0.3 is 5.32 Å². The Morgan fingerprint density at radius 2 is 1.69 bits per heavy atom. The van der Waals surface area contributed by atoms with Crippen LogP contribution in [0.2, 0.25) is 0 Å². The third kappa shape index (κ3) is 5.21. The Balaban J connectivity index is 1.77. The first-order chi connectivity index (χ1) is 14.1. The van der Waals surface area contributed by atoms with Crippen molar-refractivity contribution in [3.63, 3.8) is 0 Å². The normalized spacial score (nSPS) is 11.8. The number of rotatable bonds is 8. The van der Waals surface area contributed by atoms with E-state index in [4.69, 9.17) is 5.21 Å². The number of amides is 2. The third-order valence-corrected chi connectivity index (χ3v) is 5.07. The summed E-state index contributed by atoms with van der Waals surface area (Å²) in [6, 6.07) is 20.2. The Labute approximate surface area is 170 Å². The highest BCUT2D eigenvalue weighted by atomic mass is 16.5. The van der Waals surface area contributed by atoms with Crippen LogP contribution in [0.5, 0.6) is 0 Å². The first-order valence-electron chi connectivity index (χ1n) is 9.92. The molecule has 0 spiro atoms. The molecule has 3 aromatic rings. The van der Waals surface area contributed by atoms with E-state index >= 15 is 0 Å². The lowest BCUT2D eigenvalue weighted by Gasteiger charge is -2.18. The van der Waals surface area contributed by atoms with Gasteiger partial charge in [0.15, 0.2) is 0 Å². The van der Waals surface area contributed by atoms with Gasteiger partial charge in [0.25, 0.3) is 11.8 Å². The molecule has 0 fully saturated rings. The van der Waals surface area contributed by atoms with Crippen LogP contribution in [0.4, 0.5) is 0 Å². The van der Waals surface area contributed by atoms with Crippen LogP contribution in [0.1, 0.15) is 41.3 Å². The van der Waals surface area contributed by atoms with Crippen LogP contribution in [0.15, 0.2) is 66.7 Å². The van der Waals surface area contributed by atoms with E-state index in [1.165, 1.54) is 5.56 Å². The van der Waals surface area contributed by atoms with Gasteiger partial charge in [-0.1, -0.05) is 67.9 Å². The van der Waals surface area contributed by atoms with Gasteiger partial charge in [0.2, 0.25) is 0 Å². The van der Waals surface area contributed by atoms with Crippen LogP contribution in [0.25, 0.3) is 10.8 Å². The second-order valence-electron chi connectivity index (χ2n) is 7.14. The lowest BCUT2D eigenvalue weighted by atomic mass is 9.98. The number of hydrogen-bond donors (Lipinski definition) is 3. The van der Waals surface area contributed by atoms with Gasteiger partial charge >= 0.3 is 0 Å². The van der Waals surface area contributed by atoms with E-state index in [1.54, 1.807) is 17.6 Å². The third-order valence-electron chi connectivity index (χ3n) is 5.07. The van der Waals surface area contributed by atoms with Crippen molar-refractivity contribution in [1.82, 2.24) is 10.8 Å². The van der Waals surface area contributed by atoms with Gasteiger partial charge in [-0.05, 0) is 46.9 Å². The number of hydroxylamine groups is 1. The molecular formula is C24H26N2O3. The van der Waals surface area contributed by atoms with Gasteiger partial charge in [-0.2, -0.15) is 0 Å². The summed E-state index contributed by atoms with van der Waals surface area (Å²) >= 11 is 0. The molecule has 0 aliphatic carbocycles. The standard InChI is InChI=1S/C24H26N2O3/c1-2-3-7-17-12-14-19(15-13-17)23(27)25-22(24(28)26-29)16-20-10-6-9-18-8-4-5-11-21(18)20/h4-6,8-15,22,29H,2-3,7,16H2,1H3,(H,25,27)(H,26,28)/t22-/m0/s1. The monoisotopic (exact) mass is 390 g/mol. The maximum absolute atomic E-state index is 12.7. The van der Waals surface area contributed by atoms with Crippen molar-refractivity contribution in [2.75, 3.05) is 0 Å². The zero-order chi connectivity index (χ0) is 20.6. The number of benzene rings is 3. The summed E-state index contributed by atoms with van der Waals surface area (Å²) < 4.78 is 0. The minimum Gasteiger partial charge on any atom is -0.340 e. The van der Waals surface area contributed by atoms with Crippen LogP contribution in [-0.2, 0) is 17.6 Å². The van der Waals surface area contributed by atoms with Gasteiger partial charge in [0, 0.05) is 12.0 Å². The SMILES string of the molecule is CCCCc1ccc(C(=O)N[C@@H](Cc2cccc3ccccc23)C(=O)NO)cc1. The molecule has 2 amide bonds. The highest BCUT2D eigenvalue weighted by Gasteiger charge is 2.22. The van der Waals surface area contributed by atoms with Crippen molar-refractivity contribution < 1.29 is 14.8 Å². The predicted octanol–water partition coefficient (Wildman–Crippen LogP) is 4.03. The maximum atomic E-state index is 12.7. The second kappa shape index (κ2) is 9.85. The quantitative estimate of drug-likeness (QED) is 0.401. The van der Waals surface area contributed by atoms with E-state index in [-0.39, 0.29) is 12.3 Å². The van der Waals surface area contributed by atoms with E-state index < -0.39 is 11.9 Å². The molecule has 0 unspecified atom stereocenters. The second-order valence-corrected chi connectivity index (χ2v) is 7.14. The summed E-state index contributed by atoms with van der Waals surface area (Å²) in [5.41, 5.74) is 4.26. The minimum absolute atomic E-state index is 0.272. The van der Waals surface area contributed by atoms with Crippen LogP contribution in [-0.4, -0.2) is 23.1 Å². The summed E-state index contributed by atoms with van der Waals surface area (Å²) in [7, 11) is 0. The molecule has 0 saturated carbocycles. The Morgan fingerprint density at radius 1 is 0.966 bits per heavy atom. The molecule has 0 aliphatic rings. The largest absolute Gasteiger partial charge is 0.340 e. The molecule has 3 aromatic carbocycles. The summed E-state index contributed by atoms with van der Waals surface area (Å²) in [6.45, 7) is 2.14. The van der Waals surface area contributed by atoms with E-state index in [0.29, 0.717) is 5.56 Å². The zero-order valence-electron chi connectivity index (χ0n) is 16.5. The number of carbonyl (C=O) groups excluding carboxylic acids is 2. The van der Waals surface area contributed by atoms with Crippen molar-refractivity contribution in [2.45, 2.75) is 38.6 Å². The Hall–Kier alpha value is -3.18. The molecule has 5 heteroatoms. The average Bonchev–Trinajstić information content (AvgIpc) is 2.77. The fraction of sp³-hybridized carbons (Fsp3) is 0.250. The van der Waals surface area contributed by atoms with Gasteiger partial charge in [0.1, 0.15) is 6.04 Å². The minimum atomic E-state index is -0.891. The highest BCUT2D eigenvalue weighted by Crippen LogP contribution is 2.20. The van der Waals surface area contributed by atoms with Crippen molar-refractivity contribution in [2.24, 2.45) is 0 Å². The first-order valence-corrected chi connectivity index (χ1v) is 9.92. The topological polar surface area (TPSA) is 78.4 Å². The van der Waals surface area contributed by atoms with Crippen LogP contribution < -0.4 is 10.8 Å². The molecule has 150 valence electrons. The smallest absolute Gasteiger partial charge is 0.266 e. The van der Waals surface area contributed by atoms with Crippen molar-refractivity contribution in [1.29, 1.82) is 0 Å². The Bertz CT molecular complexity index is 978. The zero-order valence-corrected chi connectivity index (χ0v) is 16.5. The van der Waals surface area contributed by atoms with Crippen LogP contribution >= 0.6 is 0 Å². The summed E-state index contributed by atoms with van der Waals surface area (Å²) in [6.07, 6.45) is 3.48. The van der Waals surface area contributed by atoms with E-state index in [9.17, 15) is 9.59 Å². The summed E-state index contributed by atoms with van der Waals surface area (Å²) in [5, 5.41) is 14.0. The number of carbonyl (C=O) groups is 2. The highest BCUT2D eigenvalue weighted by molar-refractivity contribution is 5.97. The fourth-order valence-corrected chi connectivity index (χ4v) is 3.42. The van der Waals surface area contributed by atoms with Crippen molar-refractivity contribution in [3.8, 4) is 0 Å². The number of hydrogen-bond acceptors (Lipinski definition) is 3. The molecule has 5 nitrogen and oxygen atoms in total. The molecule has 0 bridgehead atoms. The fourth-order valence-electron chi connectivity index (χ4n) is 3.42. The van der Waals surface area contributed by atoms with Gasteiger partial charge in [0.05, 0.1) is 0 Å². The molecule has 3 N–H and O–H groups in total. The lowest BCUT2D eigenvalue weighted by Crippen LogP contribution is -2.47. The van der Waals surface area contributed by atoms with Crippen molar-refractivity contribution >= 4 is 22.6 Å². The Kier molecular flexibility index (Phi) is 6.98. The molecule has 29 heavy (non-hydrogen) atoms. The molecule has 0 saturated heterocycles. The molecule has 0 heterocycles. The number of aryl methyl sites for hydroxylation is 1. The predicted molar refractivity (Wildman–Crippen MR) is 114 cm³/mol. The van der Waals surface area contributed by atoms with Crippen LogP contribution in [0, 0.1) is 0 Å². The summed E-state index contributed by atoms with van der Waals surface area (Å²) in [5.74, 6) is -0.994. The van der Waals surface area contributed by atoms with E-state index in [0.717, 1.165) is 35.6 Å². The molecule has 1 atom stereocenters. The molecule has 0 aliphatic heterocycles. The van der Waals surface area contributed by atoms with Gasteiger partial charge in [-0.3, -0.25) is 14.8 Å².